The molecule has 3 rings (SSSR count). The van der Waals surface area contributed by atoms with Crippen LogP contribution in [0.2, 0.25) is 0 Å². The summed E-state index contributed by atoms with van der Waals surface area (Å²) in [7, 11) is 0. The Morgan fingerprint density at radius 2 is 2.04 bits per heavy atom. The maximum Gasteiger partial charge on any atom is 0.205 e. The number of anilines is 2. The number of hydrogen-bond donors (Lipinski definition) is 2. The third-order valence-corrected chi connectivity index (χ3v) is 4.01. The van der Waals surface area contributed by atoms with Gasteiger partial charge in [-0.3, -0.25) is 5.43 Å². The Morgan fingerprint density at radius 1 is 1.19 bits per heavy atom. The number of halogens is 3. The van der Waals surface area contributed by atoms with Gasteiger partial charge in [0.2, 0.25) is 10.9 Å². The molecule has 26 heavy (non-hydrogen) atoms. The van der Waals surface area contributed by atoms with E-state index in [9.17, 15) is 13.2 Å². The third-order valence-electron chi connectivity index (χ3n) is 3.24. The number of hydrazone groups is 1. The van der Waals surface area contributed by atoms with Crippen LogP contribution in [0.5, 0.6) is 5.75 Å². The molecule has 0 aliphatic rings. The molecule has 0 spiro atoms. The van der Waals surface area contributed by atoms with E-state index in [1.165, 1.54) is 11.3 Å². The van der Waals surface area contributed by atoms with E-state index < -0.39 is 17.5 Å². The molecule has 0 saturated heterocycles. The molecule has 0 amide bonds. The molecule has 2 aromatic carbocycles. The molecular weight excluding hydrogens is 365 g/mol. The third kappa shape index (κ3) is 4.31. The number of nitrogens with two attached hydrogens (primary N) is 1. The summed E-state index contributed by atoms with van der Waals surface area (Å²) in [4.78, 5) is 4.00. The second-order valence-electron chi connectivity index (χ2n) is 5.15. The molecule has 1 aromatic heterocycles. The molecule has 0 aliphatic heterocycles. The van der Waals surface area contributed by atoms with Gasteiger partial charge in [-0.05, 0) is 29.3 Å². The largest absolute Gasteiger partial charge is 0.486 e. The summed E-state index contributed by atoms with van der Waals surface area (Å²) in [6.07, 6.45) is 1.57. The van der Waals surface area contributed by atoms with Gasteiger partial charge in [0.1, 0.15) is 12.4 Å². The number of ether oxygens (including phenoxy) is 1. The molecular formula is C17H13F3N4OS. The van der Waals surface area contributed by atoms with Crippen molar-refractivity contribution in [1.82, 2.24) is 4.98 Å². The van der Waals surface area contributed by atoms with Crippen LogP contribution in [0.1, 0.15) is 11.1 Å². The lowest BCUT2D eigenvalue weighted by atomic mass is 10.1. The molecule has 0 fully saturated rings. The van der Waals surface area contributed by atoms with E-state index in [-0.39, 0.29) is 12.4 Å². The maximum absolute atomic E-state index is 13.6. The van der Waals surface area contributed by atoms with Crippen molar-refractivity contribution < 1.29 is 17.9 Å². The first-order chi connectivity index (χ1) is 12.5. The number of nitrogens with zero attached hydrogens (tertiary/aromatic N) is 2. The number of rotatable bonds is 6. The second kappa shape index (κ2) is 7.87. The summed E-state index contributed by atoms with van der Waals surface area (Å²) in [6, 6.07) is 8.95. The van der Waals surface area contributed by atoms with Gasteiger partial charge in [-0.2, -0.15) is 9.49 Å². The first-order valence-corrected chi connectivity index (χ1v) is 8.26. The highest BCUT2D eigenvalue weighted by Crippen LogP contribution is 2.23. The highest BCUT2D eigenvalue weighted by atomic mass is 32.1. The highest BCUT2D eigenvalue weighted by molar-refractivity contribution is 7.14. The zero-order chi connectivity index (χ0) is 18.5. The fourth-order valence-electron chi connectivity index (χ4n) is 2.04. The Morgan fingerprint density at radius 3 is 2.81 bits per heavy atom. The molecule has 0 unspecified atom stereocenters. The lowest BCUT2D eigenvalue weighted by Crippen LogP contribution is -2.01. The molecule has 0 radical (unpaired) electrons. The summed E-state index contributed by atoms with van der Waals surface area (Å²) in [5.41, 5.74) is 9.73. The van der Waals surface area contributed by atoms with Crippen LogP contribution in [0.4, 0.5) is 24.1 Å². The van der Waals surface area contributed by atoms with E-state index in [1.54, 1.807) is 29.8 Å². The summed E-state index contributed by atoms with van der Waals surface area (Å²) >= 11 is 1.32. The van der Waals surface area contributed by atoms with Crippen LogP contribution in [0, 0.1) is 17.5 Å². The minimum absolute atomic E-state index is 0.0138. The minimum atomic E-state index is -1.56. The maximum atomic E-state index is 13.6. The van der Waals surface area contributed by atoms with Crippen LogP contribution in [0.25, 0.3) is 0 Å². The summed E-state index contributed by atoms with van der Waals surface area (Å²) < 4.78 is 44.9. The molecule has 9 heteroatoms. The van der Waals surface area contributed by atoms with Gasteiger partial charge in [-0.25, -0.2) is 13.8 Å². The molecule has 0 atom stereocenters. The Balaban J connectivity index is 1.63. The number of aromatic nitrogens is 1. The van der Waals surface area contributed by atoms with Crippen molar-refractivity contribution >= 4 is 28.5 Å². The molecule has 5 nitrogen and oxygen atoms in total. The monoisotopic (exact) mass is 378 g/mol. The summed E-state index contributed by atoms with van der Waals surface area (Å²) in [5.74, 6) is -4.11. The zero-order valence-electron chi connectivity index (χ0n) is 13.2. The Kier molecular flexibility index (Phi) is 5.37. The predicted octanol–water partition coefficient (Wildman–Crippen LogP) is 4.17. The van der Waals surface area contributed by atoms with E-state index in [0.29, 0.717) is 16.5 Å². The standard InChI is InChI=1S/C17H13F3N4OS/c18-12-4-5-13(16(20)15(12)19)25-8-11-3-1-2-10(6-11)7-22-24-17-23-14(21)9-26-17/h1-7,9H,8,21H2,(H,23,24). The van der Waals surface area contributed by atoms with Crippen LogP contribution in [0.3, 0.4) is 0 Å². The fraction of sp³-hybridized carbons (Fsp3) is 0.0588. The molecule has 3 N–H and O–H groups in total. The average molecular weight is 378 g/mol. The molecule has 1 heterocycles. The Hall–Kier alpha value is -3.07. The van der Waals surface area contributed by atoms with Crippen LogP contribution in [0.15, 0.2) is 46.9 Å². The van der Waals surface area contributed by atoms with Crippen LogP contribution >= 0.6 is 11.3 Å². The highest BCUT2D eigenvalue weighted by Gasteiger charge is 2.14. The average Bonchev–Trinajstić information content (AvgIpc) is 3.05. The smallest absolute Gasteiger partial charge is 0.205 e. The summed E-state index contributed by atoms with van der Waals surface area (Å²) in [6.45, 7) is -0.0138. The lowest BCUT2D eigenvalue weighted by molar-refractivity contribution is 0.281. The minimum Gasteiger partial charge on any atom is -0.486 e. The van der Waals surface area contributed by atoms with E-state index in [1.807, 2.05) is 6.07 Å². The van der Waals surface area contributed by atoms with Crippen molar-refractivity contribution in [3.05, 3.63) is 70.4 Å². The number of benzene rings is 2. The lowest BCUT2D eigenvalue weighted by Gasteiger charge is -2.08. The van der Waals surface area contributed by atoms with Crippen molar-refractivity contribution in [3.8, 4) is 5.75 Å². The normalized spacial score (nSPS) is 11.0. The molecule has 134 valence electrons. The van der Waals surface area contributed by atoms with Gasteiger partial charge in [-0.1, -0.05) is 18.2 Å². The van der Waals surface area contributed by atoms with Crippen molar-refractivity contribution in [1.29, 1.82) is 0 Å². The first-order valence-electron chi connectivity index (χ1n) is 7.38. The zero-order valence-corrected chi connectivity index (χ0v) is 14.1. The summed E-state index contributed by atoms with van der Waals surface area (Å²) in [5, 5.41) is 6.30. The van der Waals surface area contributed by atoms with Gasteiger partial charge in [0, 0.05) is 5.38 Å². The molecule has 0 bridgehead atoms. The van der Waals surface area contributed by atoms with Crippen LogP contribution in [-0.2, 0) is 6.61 Å². The SMILES string of the molecule is Nc1csc(NN=Cc2cccc(COc3ccc(F)c(F)c3F)c2)n1. The van der Waals surface area contributed by atoms with Crippen molar-refractivity contribution in [2.75, 3.05) is 11.2 Å². The Bertz CT molecular complexity index is 946. The van der Waals surface area contributed by atoms with Crippen molar-refractivity contribution in [3.63, 3.8) is 0 Å². The quantitative estimate of drug-likeness (QED) is 0.384. The number of thiazole rings is 1. The first kappa shape index (κ1) is 17.7. The molecule has 3 aromatic rings. The topological polar surface area (TPSA) is 72.5 Å². The van der Waals surface area contributed by atoms with Gasteiger partial charge >= 0.3 is 0 Å². The molecule has 0 saturated carbocycles. The number of nitrogen functional groups attached to an aromatic ring is 1. The van der Waals surface area contributed by atoms with Gasteiger partial charge in [0.25, 0.3) is 0 Å². The number of hydrogen-bond acceptors (Lipinski definition) is 6. The Labute approximate surface area is 151 Å². The molecule has 0 aliphatic carbocycles. The van der Waals surface area contributed by atoms with Gasteiger partial charge in [-0.15, -0.1) is 11.3 Å². The second-order valence-corrected chi connectivity index (χ2v) is 6.01. The van der Waals surface area contributed by atoms with E-state index in [4.69, 9.17) is 10.5 Å². The van der Waals surface area contributed by atoms with Crippen molar-refractivity contribution in [2.45, 2.75) is 6.61 Å². The van der Waals surface area contributed by atoms with Crippen molar-refractivity contribution in [2.24, 2.45) is 5.10 Å². The van der Waals surface area contributed by atoms with Crippen LogP contribution in [-0.4, -0.2) is 11.2 Å². The fourth-order valence-corrected chi connectivity index (χ4v) is 2.59. The van der Waals surface area contributed by atoms with E-state index in [0.717, 1.165) is 17.7 Å². The van der Waals surface area contributed by atoms with Crippen LogP contribution < -0.4 is 15.9 Å². The van der Waals surface area contributed by atoms with Gasteiger partial charge < -0.3 is 10.5 Å². The predicted molar refractivity (Wildman–Crippen MR) is 94.8 cm³/mol. The van der Waals surface area contributed by atoms with E-state index in [2.05, 4.69) is 15.5 Å². The van der Waals surface area contributed by atoms with Gasteiger partial charge in [0.15, 0.2) is 17.4 Å². The van der Waals surface area contributed by atoms with Gasteiger partial charge in [0.05, 0.1) is 6.21 Å². The van der Waals surface area contributed by atoms with E-state index >= 15 is 0 Å². The number of nitrogens with one attached hydrogen (secondary N) is 1.